The van der Waals surface area contributed by atoms with Crippen molar-refractivity contribution in [3.63, 3.8) is 0 Å². The summed E-state index contributed by atoms with van der Waals surface area (Å²) in [5.41, 5.74) is 8.04. The number of rotatable bonds is 5. The number of nitrogens with zero attached hydrogens (tertiary/aromatic N) is 2. The number of hydrogen-bond donors (Lipinski definition) is 1. The number of carbonyl (C=O) groups excluding carboxylic acids is 1. The van der Waals surface area contributed by atoms with Crippen LogP contribution in [0.3, 0.4) is 0 Å². The molecule has 2 N–H and O–H groups in total. The SMILES string of the molecule is CC[C@@H](C(N)=O)N1CCC[C@H]1c1cccc(N(C)C)c1. The molecule has 4 heteroatoms. The molecule has 1 heterocycles. The van der Waals surface area contributed by atoms with Gasteiger partial charge in [-0.3, -0.25) is 9.69 Å². The van der Waals surface area contributed by atoms with Crippen molar-refractivity contribution in [1.82, 2.24) is 4.90 Å². The number of nitrogens with two attached hydrogens (primary N) is 1. The van der Waals surface area contributed by atoms with Crippen LogP contribution in [-0.4, -0.2) is 37.5 Å². The number of carbonyl (C=O) groups is 1. The van der Waals surface area contributed by atoms with Gasteiger partial charge in [-0.2, -0.15) is 0 Å². The second kappa shape index (κ2) is 6.27. The van der Waals surface area contributed by atoms with E-state index in [0.29, 0.717) is 6.04 Å². The minimum Gasteiger partial charge on any atom is -0.378 e. The Labute approximate surface area is 121 Å². The summed E-state index contributed by atoms with van der Waals surface area (Å²) in [7, 11) is 4.09. The molecule has 1 aliphatic heterocycles. The molecule has 0 saturated carbocycles. The maximum absolute atomic E-state index is 11.6. The molecule has 110 valence electrons. The van der Waals surface area contributed by atoms with Crippen LogP contribution in [-0.2, 0) is 4.79 Å². The summed E-state index contributed by atoms with van der Waals surface area (Å²) in [4.78, 5) is 16.0. The van der Waals surface area contributed by atoms with E-state index in [2.05, 4.69) is 34.1 Å². The number of anilines is 1. The van der Waals surface area contributed by atoms with Crippen molar-refractivity contribution in [2.75, 3.05) is 25.5 Å². The Morgan fingerprint density at radius 2 is 2.25 bits per heavy atom. The van der Waals surface area contributed by atoms with E-state index in [0.717, 1.165) is 25.8 Å². The molecule has 1 aromatic carbocycles. The van der Waals surface area contributed by atoms with Crippen LogP contribution in [0.2, 0.25) is 0 Å². The number of benzene rings is 1. The molecule has 1 aromatic rings. The maximum atomic E-state index is 11.6. The van der Waals surface area contributed by atoms with Crippen LogP contribution in [0, 0.1) is 0 Å². The van der Waals surface area contributed by atoms with E-state index in [1.165, 1.54) is 11.3 Å². The lowest BCUT2D eigenvalue weighted by Gasteiger charge is -2.31. The van der Waals surface area contributed by atoms with E-state index < -0.39 is 0 Å². The van der Waals surface area contributed by atoms with E-state index in [-0.39, 0.29) is 11.9 Å². The minimum atomic E-state index is -0.205. The summed E-state index contributed by atoms with van der Waals surface area (Å²) in [6, 6.07) is 8.74. The molecular formula is C16H25N3O. The lowest BCUT2D eigenvalue weighted by Crippen LogP contribution is -2.43. The molecule has 0 radical (unpaired) electrons. The highest BCUT2D eigenvalue weighted by molar-refractivity contribution is 5.79. The fourth-order valence-electron chi connectivity index (χ4n) is 3.13. The van der Waals surface area contributed by atoms with Crippen molar-refractivity contribution in [2.45, 2.75) is 38.3 Å². The lowest BCUT2D eigenvalue weighted by molar-refractivity contribution is -0.123. The van der Waals surface area contributed by atoms with Crippen LogP contribution in [0.5, 0.6) is 0 Å². The second-order valence-corrected chi connectivity index (χ2v) is 5.71. The zero-order chi connectivity index (χ0) is 14.7. The molecule has 2 rings (SSSR count). The highest BCUT2D eigenvalue weighted by Crippen LogP contribution is 2.35. The average Bonchev–Trinajstić information content (AvgIpc) is 2.88. The van der Waals surface area contributed by atoms with Crippen molar-refractivity contribution in [2.24, 2.45) is 5.73 Å². The highest BCUT2D eigenvalue weighted by atomic mass is 16.1. The molecule has 1 fully saturated rings. The largest absolute Gasteiger partial charge is 0.378 e. The zero-order valence-corrected chi connectivity index (χ0v) is 12.7. The Kier molecular flexibility index (Phi) is 4.65. The molecule has 0 bridgehead atoms. The summed E-state index contributed by atoms with van der Waals surface area (Å²) >= 11 is 0. The van der Waals surface area contributed by atoms with Crippen LogP contribution in [0.15, 0.2) is 24.3 Å². The Morgan fingerprint density at radius 3 is 2.85 bits per heavy atom. The number of amides is 1. The minimum absolute atomic E-state index is 0.148. The van der Waals surface area contributed by atoms with Gasteiger partial charge in [-0.1, -0.05) is 19.1 Å². The monoisotopic (exact) mass is 275 g/mol. The molecule has 20 heavy (non-hydrogen) atoms. The molecule has 0 unspecified atom stereocenters. The van der Waals surface area contributed by atoms with Crippen LogP contribution in [0.25, 0.3) is 0 Å². The van der Waals surface area contributed by atoms with E-state index >= 15 is 0 Å². The average molecular weight is 275 g/mol. The van der Waals surface area contributed by atoms with Crippen molar-refractivity contribution < 1.29 is 4.79 Å². The Balaban J connectivity index is 2.26. The fraction of sp³-hybridized carbons (Fsp3) is 0.562. The first kappa shape index (κ1) is 14.9. The first-order valence-corrected chi connectivity index (χ1v) is 7.37. The smallest absolute Gasteiger partial charge is 0.234 e. The molecule has 0 aromatic heterocycles. The number of hydrogen-bond acceptors (Lipinski definition) is 3. The molecule has 2 atom stereocenters. The molecular weight excluding hydrogens is 250 g/mol. The third-order valence-electron chi connectivity index (χ3n) is 4.18. The summed E-state index contributed by atoms with van der Waals surface area (Å²) in [6.07, 6.45) is 3.00. The van der Waals surface area contributed by atoms with Gasteiger partial charge in [-0.25, -0.2) is 0 Å². The first-order chi connectivity index (χ1) is 9.54. The molecule has 1 amide bonds. The third-order valence-corrected chi connectivity index (χ3v) is 4.18. The Bertz CT molecular complexity index is 473. The molecule has 1 aliphatic rings. The van der Waals surface area contributed by atoms with Gasteiger partial charge in [0.25, 0.3) is 0 Å². The normalized spacial score (nSPS) is 20.9. The summed E-state index contributed by atoms with van der Waals surface area (Å²) in [5, 5.41) is 0. The Hall–Kier alpha value is -1.55. The van der Waals surface area contributed by atoms with Gasteiger partial charge in [-0.05, 0) is 43.5 Å². The predicted octanol–water partition coefficient (Wildman–Crippen LogP) is 2.15. The van der Waals surface area contributed by atoms with Gasteiger partial charge in [-0.15, -0.1) is 0 Å². The molecule has 1 saturated heterocycles. The first-order valence-electron chi connectivity index (χ1n) is 7.37. The molecule has 0 aliphatic carbocycles. The van der Waals surface area contributed by atoms with Gasteiger partial charge < -0.3 is 10.6 Å². The van der Waals surface area contributed by atoms with E-state index in [1.54, 1.807) is 0 Å². The van der Waals surface area contributed by atoms with E-state index in [9.17, 15) is 4.79 Å². The summed E-state index contributed by atoms with van der Waals surface area (Å²) in [5.74, 6) is -0.205. The summed E-state index contributed by atoms with van der Waals surface area (Å²) in [6.45, 7) is 2.99. The van der Waals surface area contributed by atoms with Gasteiger partial charge in [0.05, 0.1) is 6.04 Å². The molecule has 4 nitrogen and oxygen atoms in total. The van der Waals surface area contributed by atoms with E-state index in [4.69, 9.17) is 5.73 Å². The quantitative estimate of drug-likeness (QED) is 0.896. The van der Waals surface area contributed by atoms with Crippen molar-refractivity contribution in [3.05, 3.63) is 29.8 Å². The second-order valence-electron chi connectivity index (χ2n) is 5.71. The fourth-order valence-corrected chi connectivity index (χ4v) is 3.13. The number of primary amides is 1. The highest BCUT2D eigenvalue weighted by Gasteiger charge is 2.33. The third kappa shape index (κ3) is 2.96. The van der Waals surface area contributed by atoms with Gasteiger partial charge in [0.15, 0.2) is 0 Å². The van der Waals surface area contributed by atoms with Crippen LogP contribution in [0.4, 0.5) is 5.69 Å². The van der Waals surface area contributed by atoms with Gasteiger partial charge in [0.2, 0.25) is 5.91 Å². The maximum Gasteiger partial charge on any atom is 0.234 e. The van der Waals surface area contributed by atoms with Crippen molar-refractivity contribution >= 4 is 11.6 Å². The predicted molar refractivity (Wildman–Crippen MR) is 82.7 cm³/mol. The molecule has 0 spiro atoms. The van der Waals surface area contributed by atoms with Crippen molar-refractivity contribution in [1.29, 1.82) is 0 Å². The van der Waals surface area contributed by atoms with Gasteiger partial charge >= 0.3 is 0 Å². The van der Waals surface area contributed by atoms with Crippen LogP contribution < -0.4 is 10.6 Å². The lowest BCUT2D eigenvalue weighted by atomic mass is 10.0. The van der Waals surface area contributed by atoms with Crippen LogP contribution >= 0.6 is 0 Å². The van der Waals surface area contributed by atoms with Crippen molar-refractivity contribution in [3.8, 4) is 0 Å². The van der Waals surface area contributed by atoms with Crippen LogP contribution in [0.1, 0.15) is 37.8 Å². The topological polar surface area (TPSA) is 49.6 Å². The van der Waals surface area contributed by atoms with E-state index in [1.807, 2.05) is 21.0 Å². The number of likely N-dealkylation sites (tertiary alicyclic amines) is 1. The summed E-state index contributed by atoms with van der Waals surface area (Å²) < 4.78 is 0. The Morgan fingerprint density at radius 1 is 1.50 bits per heavy atom. The standard InChI is InChI=1S/C16H25N3O/c1-4-14(16(17)20)19-10-6-9-15(19)12-7-5-8-13(11-12)18(2)3/h5,7-8,11,14-15H,4,6,9-10H2,1-3H3,(H2,17,20)/t14-,15-/m0/s1. The van der Waals surface area contributed by atoms with Gasteiger partial charge in [0, 0.05) is 25.8 Å². The van der Waals surface area contributed by atoms with Gasteiger partial charge in [0.1, 0.15) is 0 Å². The zero-order valence-electron chi connectivity index (χ0n) is 12.7.